The number of ether oxygens (including phenoxy) is 2. The summed E-state index contributed by atoms with van der Waals surface area (Å²) in [4.78, 5) is 0. The Balaban J connectivity index is 4.05. The maximum Gasteiger partial charge on any atom is 0.168 e. The van der Waals surface area contributed by atoms with Gasteiger partial charge in [-0.25, -0.2) is 0 Å². The van der Waals surface area contributed by atoms with Crippen molar-refractivity contribution >= 4 is 0 Å². The minimum atomic E-state index is -0.630. The fraction of sp³-hybridized carbons (Fsp3) is 0.667. The van der Waals surface area contributed by atoms with Crippen molar-refractivity contribution in [1.82, 2.24) is 0 Å². The molecule has 0 aromatic carbocycles. The number of rotatable bonds is 7. The molecule has 0 N–H and O–H groups in total. The van der Waals surface area contributed by atoms with Crippen molar-refractivity contribution < 1.29 is 9.47 Å². The zero-order chi connectivity index (χ0) is 10.9. The molecule has 0 rings (SSSR count). The monoisotopic (exact) mass is 194 g/mol. The second-order valence-corrected chi connectivity index (χ2v) is 3.22. The molecule has 0 bridgehead atoms. The van der Waals surface area contributed by atoms with Gasteiger partial charge in [-0.05, 0) is 13.3 Å². The van der Waals surface area contributed by atoms with Crippen LogP contribution in [-0.2, 0) is 9.47 Å². The molecule has 0 aromatic rings. The Morgan fingerprint density at radius 3 is 2.00 bits per heavy atom. The molecular weight excluding hydrogens is 176 g/mol. The van der Waals surface area contributed by atoms with Crippen molar-refractivity contribution in [3.63, 3.8) is 0 Å². The van der Waals surface area contributed by atoms with E-state index in [9.17, 15) is 0 Å². The van der Waals surface area contributed by atoms with Crippen LogP contribution in [0.15, 0.2) is 0 Å². The molecule has 0 fully saturated rings. The lowest BCUT2D eigenvalue weighted by Gasteiger charge is -2.28. The van der Waals surface area contributed by atoms with E-state index in [2.05, 4.69) is 18.8 Å². The van der Waals surface area contributed by atoms with Crippen LogP contribution in [0.1, 0.15) is 33.1 Å². The van der Waals surface area contributed by atoms with Crippen molar-refractivity contribution in [2.24, 2.45) is 0 Å². The van der Waals surface area contributed by atoms with Gasteiger partial charge < -0.3 is 9.47 Å². The Bertz CT molecular complexity index is 201. The van der Waals surface area contributed by atoms with E-state index >= 15 is 0 Å². The minimum absolute atomic E-state index is 0.255. The molecule has 0 amide bonds. The molecule has 0 spiro atoms. The molecule has 0 saturated heterocycles. The van der Waals surface area contributed by atoms with Crippen molar-refractivity contribution in [3.8, 4) is 24.7 Å². The highest BCUT2D eigenvalue weighted by molar-refractivity contribution is 4.86. The molecule has 0 atom stereocenters. The zero-order valence-electron chi connectivity index (χ0n) is 9.01. The van der Waals surface area contributed by atoms with Crippen LogP contribution in [0.2, 0.25) is 0 Å². The maximum absolute atomic E-state index is 5.43. The van der Waals surface area contributed by atoms with Gasteiger partial charge in [0.25, 0.3) is 0 Å². The Labute approximate surface area is 87.0 Å². The average Bonchev–Trinajstić information content (AvgIpc) is 2.21. The van der Waals surface area contributed by atoms with Crippen LogP contribution in [0.25, 0.3) is 0 Å². The van der Waals surface area contributed by atoms with E-state index in [-0.39, 0.29) is 13.2 Å². The largest absolute Gasteiger partial charge is 0.338 e. The molecule has 0 aliphatic carbocycles. The Hall–Kier alpha value is -0.960. The smallest absolute Gasteiger partial charge is 0.168 e. The number of hydrogen-bond acceptors (Lipinski definition) is 2. The third-order valence-corrected chi connectivity index (χ3v) is 1.91. The van der Waals surface area contributed by atoms with Gasteiger partial charge in [0.2, 0.25) is 0 Å². The van der Waals surface area contributed by atoms with Crippen LogP contribution in [0.5, 0.6) is 0 Å². The van der Waals surface area contributed by atoms with Gasteiger partial charge in [-0.3, -0.25) is 0 Å². The predicted octanol–water partition coefficient (Wildman–Crippen LogP) is 2.19. The van der Waals surface area contributed by atoms with Crippen molar-refractivity contribution in [1.29, 1.82) is 0 Å². The van der Waals surface area contributed by atoms with Crippen LogP contribution in [-0.4, -0.2) is 19.0 Å². The molecule has 0 aliphatic heterocycles. The van der Waals surface area contributed by atoms with Crippen LogP contribution in [0.3, 0.4) is 0 Å². The first-order valence-corrected chi connectivity index (χ1v) is 4.83. The molecule has 0 saturated carbocycles. The topological polar surface area (TPSA) is 18.5 Å². The van der Waals surface area contributed by atoms with Gasteiger partial charge in [-0.15, -0.1) is 12.8 Å². The third kappa shape index (κ3) is 5.65. The maximum atomic E-state index is 5.43. The molecule has 0 unspecified atom stereocenters. The first-order chi connectivity index (χ1) is 6.68. The fourth-order valence-electron chi connectivity index (χ4n) is 1.07. The van der Waals surface area contributed by atoms with Gasteiger partial charge in [0, 0.05) is 6.42 Å². The number of unbranched alkanes of at least 4 members (excludes halogenated alkanes) is 1. The first kappa shape index (κ1) is 13.0. The van der Waals surface area contributed by atoms with Gasteiger partial charge in [-0.1, -0.05) is 25.2 Å². The Morgan fingerprint density at radius 1 is 1.14 bits per heavy atom. The molecule has 14 heavy (non-hydrogen) atoms. The molecule has 2 nitrogen and oxygen atoms in total. The van der Waals surface area contributed by atoms with Crippen LogP contribution < -0.4 is 0 Å². The van der Waals surface area contributed by atoms with Gasteiger partial charge in [0.15, 0.2) is 5.79 Å². The standard InChI is InChI=1S/C12H18O2/c1-5-8-9-12(4,13-10-6-2)14-11-7-3/h2-3H,5,8-11H2,1,4H3. The summed E-state index contributed by atoms with van der Waals surface area (Å²) in [6, 6.07) is 0. The molecule has 2 heteroatoms. The van der Waals surface area contributed by atoms with E-state index < -0.39 is 5.79 Å². The summed E-state index contributed by atoms with van der Waals surface area (Å²) in [5.74, 6) is 4.21. The van der Waals surface area contributed by atoms with Gasteiger partial charge in [0.05, 0.1) is 0 Å². The van der Waals surface area contributed by atoms with Gasteiger partial charge >= 0.3 is 0 Å². The highest BCUT2D eigenvalue weighted by Crippen LogP contribution is 2.20. The van der Waals surface area contributed by atoms with Crippen LogP contribution >= 0.6 is 0 Å². The summed E-state index contributed by atoms with van der Waals surface area (Å²) in [6.45, 7) is 4.50. The predicted molar refractivity (Wildman–Crippen MR) is 57.5 cm³/mol. The Kier molecular flexibility index (Phi) is 6.93. The first-order valence-electron chi connectivity index (χ1n) is 4.83. The number of hydrogen-bond donors (Lipinski definition) is 0. The van der Waals surface area contributed by atoms with Gasteiger partial charge in [0.1, 0.15) is 13.2 Å². The van der Waals surface area contributed by atoms with Gasteiger partial charge in [-0.2, -0.15) is 0 Å². The van der Waals surface area contributed by atoms with Crippen LogP contribution in [0, 0.1) is 24.7 Å². The minimum Gasteiger partial charge on any atom is -0.338 e. The lowest BCUT2D eigenvalue weighted by atomic mass is 10.1. The van der Waals surface area contributed by atoms with E-state index in [1.165, 1.54) is 0 Å². The van der Waals surface area contributed by atoms with Crippen molar-refractivity contribution in [2.75, 3.05) is 13.2 Å². The zero-order valence-corrected chi connectivity index (χ0v) is 9.01. The highest BCUT2D eigenvalue weighted by Gasteiger charge is 2.24. The summed E-state index contributed by atoms with van der Waals surface area (Å²) in [5, 5.41) is 0. The van der Waals surface area contributed by atoms with E-state index in [0.29, 0.717) is 0 Å². The van der Waals surface area contributed by atoms with Crippen LogP contribution in [0.4, 0.5) is 0 Å². The van der Waals surface area contributed by atoms with E-state index in [4.69, 9.17) is 22.3 Å². The lowest BCUT2D eigenvalue weighted by Crippen LogP contribution is -2.32. The second kappa shape index (κ2) is 7.44. The Morgan fingerprint density at radius 2 is 1.64 bits per heavy atom. The molecule has 0 aliphatic rings. The average molecular weight is 194 g/mol. The molecule has 78 valence electrons. The summed E-state index contributed by atoms with van der Waals surface area (Å²) in [6.07, 6.45) is 13.2. The molecule has 0 aromatic heterocycles. The quantitative estimate of drug-likeness (QED) is 0.457. The normalized spacial score (nSPS) is 10.6. The summed E-state index contributed by atoms with van der Waals surface area (Å²) in [7, 11) is 0. The summed E-state index contributed by atoms with van der Waals surface area (Å²) in [5.41, 5.74) is 0. The lowest BCUT2D eigenvalue weighted by molar-refractivity contribution is -0.215. The SMILES string of the molecule is C#CCOC(C)(CCCC)OCC#C. The van der Waals surface area contributed by atoms with E-state index in [0.717, 1.165) is 19.3 Å². The van der Waals surface area contributed by atoms with E-state index in [1.54, 1.807) is 0 Å². The summed E-state index contributed by atoms with van der Waals surface area (Å²) >= 11 is 0. The second-order valence-electron chi connectivity index (χ2n) is 3.22. The molecule has 0 heterocycles. The summed E-state index contributed by atoms with van der Waals surface area (Å²) < 4.78 is 10.9. The molecule has 0 radical (unpaired) electrons. The molecular formula is C12H18O2. The van der Waals surface area contributed by atoms with Crippen molar-refractivity contribution in [2.45, 2.75) is 38.9 Å². The van der Waals surface area contributed by atoms with Crippen molar-refractivity contribution in [3.05, 3.63) is 0 Å². The highest BCUT2D eigenvalue weighted by atomic mass is 16.7. The number of terminal acetylenes is 2. The van der Waals surface area contributed by atoms with E-state index in [1.807, 2.05) is 6.92 Å². The fourth-order valence-corrected chi connectivity index (χ4v) is 1.07. The third-order valence-electron chi connectivity index (χ3n) is 1.91.